The molecule has 0 spiro atoms. The Labute approximate surface area is 159 Å². The SMILES string of the molecule is Cc1ccc(/C=N/NC(=O)COc2ccc(Br)cc2-c2ccno2)cc1. The topological polar surface area (TPSA) is 76.7 Å². The number of benzene rings is 2. The zero-order valence-corrected chi connectivity index (χ0v) is 15.6. The number of carbonyl (C=O) groups excluding carboxylic acids is 1. The van der Waals surface area contributed by atoms with Gasteiger partial charge < -0.3 is 9.26 Å². The molecular weight excluding hydrogens is 398 g/mol. The molecule has 0 saturated heterocycles. The summed E-state index contributed by atoms with van der Waals surface area (Å²) < 4.78 is 11.6. The molecule has 1 heterocycles. The van der Waals surface area contributed by atoms with E-state index in [0.29, 0.717) is 17.1 Å². The average molecular weight is 414 g/mol. The van der Waals surface area contributed by atoms with Gasteiger partial charge in [0.1, 0.15) is 5.75 Å². The molecule has 7 heteroatoms. The van der Waals surface area contributed by atoms with Gasteiger partial charge in [-0.1, -0.05) is 50.9 Å². The van der Waals surface area contributed by atoms with Crippen LogP contribution in [0, 0.1) is 6.92 Å². The smallest absolute Gasteiger partial charge is 0.277 e. The zero-order chi connectivity index (χ0) is 18.4. The highest BCUT2D eigenvalue weighted by molar-refractivity contribution is 9.10. The third-order valence-electron chi connectivity index (χ3n) is 3.48. The van der Waals surface area contributed by atoms with Crippen LogP contribution in [0.25, 0.3) is 11.3 Å². The van der Waals surface area contributed by atoms with Gasteiger partial charge in [0.25, 0.3) is 5.91 Å². The van der Waals surface area contributed by atoms with E-state index >= 15 is 0 Å². The quantitative estimate of drug-likeness (QED) is 0.490. The first kappa shape index (κ1) is 17.9. The van der Waals surface area contributed by atoms with E-state index in [1.54, 1.807) is 24.5 Å². The van der Waals surface area contributed by atoms with Crippen molar-refractivity contribution in [2.24, 2.45) is 5.10 Å². The Morgan fingerprint density at radius 3 is 2.81 bits per heavy atom. The summed E-state index contributed by atoms with van der Waals surface area (Å²) in [5.74, 6) is 0.710. The molecule has 0 unspecified atom stereocenters. The Hall–Kier alpha value is -2.93. The monoisotopic (exact) mass is 413 g/mol. The third kappa shape index (κ3) is 4.80. The molecule has 6 nitrogen and oxygen atoms in total. The van der Waals surface area contributed by atoms with Crippen LogP contribution in [-0.2, 0) is 4.79 Å². The van der Waals surface area contributed by atoms with Crippen LogP contribution >= 0.6 is 15.9 Å². The number of nitrogens with one attached hydrogen (secondary N) is 1. The van der Waals surface area contributed by atoms with Crippen molar-refractivity contribution >= 4 is 28.1 Å². The minimum Gasteiger partial charge on any atom is -0.483 e. The lowest BCUT2D eigenvalue weighted by Gasteiger charge is -2.09. The van der Waals surface area contributed by atoms with E-state index in [0.717, 1.165) is 15.6 Å². The van der Waals surface area contributed by atoms with Crippen LogP contribution in [0.15, 0.2) is 68.8 Å². The molecule has 0 atom stereocenters. The Morgan fingerprint density at radius 1 is 1.27 bits per heavy atom. The van der Waals surface area contributed by atoms with E-state index in [-0.39, 0.29) is 12.5 Å². The minimum atomic E-state index is -0.361. The maximum Gasteiger partial charge on any atom is 0.277 e. The standard InChI is InChI=1S/C19H16BrN3O3/c1-13-2-4-14(5-3-13)11-21-23-19(24)12-25-17-7-6-15(20)10-16(17)18-8-9-22-26-18/h2-11H,12H2,1H3,(H,23,24)/b21-11+. The van der Waals surface area contributed by atoms with Crippen LogP contribution in [0.4, 0.5) is 0 Å². The number of carbonyl (C=O) groups is 1. The number of halogens is 1. The van der Waals surface area contributed by atoms with Crippen LogP contribution in [0.2, 0.25) is 0 Å². The lowest BCUT2D eigenvalue weighted by Crippen LogP contribution is -2.24. The van der Waals surface area contributed by atoms with Crippen molar-refractivity contribution in [1.29, 1.82) is 0 Å². The second-order valence-electron chi connectivity index (χ2n) is 5.51. The summed E-state index contributed by atoms with van der Waals surface area (Å²) in [5.41, 5.74) is 5.21. The van der Waals surface area contributed by atoms with E-state index < -0.39 is 0 Å². The highest BCUT2D eigenvalue weighted by atomic mass is 79.9. The van der Waals surface area contributed by atoms with Crippen molar-refractivity contribution in [2.45, 2.75) is 6.92 Å². The summed E-state index contributed by atoms with van der Waals surface area (Å²) in [6.07, 6.45) is 3.13. The summed E-state index contributed by atoms with van der Waals surface area (Å²) in [5, 5.41) is 7.62. The van der Waals surface area contributed by atoms with Gasteiger partial charge in [-0.25, -0.2) is 5.43 Å². The van der Waals surface area contributed by atoms with Gasteiger partial charge in [-0.05, 0) is 30.7 Å². The highest BCUT2D eigenvalue weighted by Gasteiger charge is 2.12. The first-order valence-electron chi connectivity index (χ1n) is 7.84. The van der Waals surface area contributed by atoms with E-state index in [1.807, 2.05) is 43.3 Å². The maximum absolute atomic E-state index is 11.9. The summed E-state index contributed by atoms with van der Waals surface area (Å²) in [7, 11) is 0. The van der Waals surface area contributed by atoms with Gasteiger partial charge in [0.2, 0.25) is 0 Å². The fourth-order valence-corrected chi connectivity index (χ4v) is 2.54. The van der Waals surface area contributed by atoms with Crippen LogP contribution in [0.5, 0.6) is 5.75 Å². The molecule has 0 aliphatic carbocycles. The first-order chi connectivity index (χ1) is 12.6. The molecule has 3 aromatic rings. The Morgan fingerprint density at radius 2 is 2.08 bits per heavy atom. The maximum atomic E-state index is 11.9. The molecule has 0 fully saturated rings. The third-order valence-corrected chi connectivity index (χ3v) is 3.98. The van der Waals surface area contributed by atoms with Gasteiger partial charge in [-0.3, -0.25) is 4.79 Å². The molecule has 3 rings (SSSR count). The first-order valence-corrected chi connectivity index (χ1v) is 8.63. The number of nitrogens with zero attached hydrogens (tertiary/aromatic N) is 2. The zero-order valence-electron chi connectivity index (χ0n) is 14.0. The number of aryl methyl sites for hydroxylation is 1. The molecule has 0 aliphatic heterocycles. The van der Waals surface area contributed by atoms with E-state index in [1.165, 1.54) is 0 Å². The van der Waals surface area contributed by atoms with Crippen molar-refractivity contribution in [1.82, 2.24) is 10.6 Å². The van der Waals surface area contributed by atoms with Gasteiger partial charge in [-0.15, -0.1) is 0 Å². The van der Waals surface area contributed by atoms with Crippen molar-refractivity contribution in [3.63, 3.8) is 0 Å². The molecular formula is C19H16BrN3O3. The molecule has 26 heavy (non-hydrogen) atoms. The number of amides is 1. The van der Waals surface area contributed by atoms with Crippen molar-refractivity contribution < 1.29 is 14.1 Å². The predicted molar refractivity (Wildman–Crippen MR) is 102 cm³/mol. The predicted octanol–water partition coefficient (Wildman–Crippen LogP) is 3.94. The van der Waals surface area contributed by atoms with Gasteiger partial charge in [-0.2, -0.15) is 5.10 Å². The summed E-state index contributed by atoms with van der Waals surface area (Å²) in [4.78, 5) is 11.9. The molecule has 2 aromatic carbocycles. The number of hydrogen-bond donors (Lipinski definition) is 1. The minimum absolute atomic E-state index is 0.173. The molecule has 1 amide bonds. The summed E-state index contributed by atoms with van der Waals surface area (Å²) >= 11 is 3.41. The molecule has 0 bridgehead atoms. The summed E-state index contributed by atoms with van der Waals surface area (Å²) in [6.45, 7) is 1.84. The lowest BCUT2D eigenvalue weighted by molar-refractivity contribution is -0.123. The fraction of sp³-hybridized carbons (Fsp3) is 0.105. The molecule has 132 valence electrons. The van der Waals surface area contributed by atoms with Crippen LogP contribution < -0.4 is 10.2 Å². The van der Waals surface area contributed by atoms with Crippen LogP contribution in [-0.4, -0.2) is 23.9 Å². The Bertz CT molecular complexity index is 906. The highest BCUT2D eigenvalue weighted by Crippen LogP contribution is 2.32. The fourth-order valence-electron chi connectivity index (χ4n) is 2.18. The molecule has 1 N–H and O–H groups in total. The van der Waals surface area contributed by atoms with E-state index in [4.69, 9.17) is 9.26 Å². The van der Waals surface area contributed by atoms with Gasteiger partial charge >= 0.3 is 0 Å². The molecule has 0 saturated carbocycles. The number of rotatable bonds is 6. The van der Waals surface area contributed by atoms with Crippen LogP contribution in [0.3, 0.4) is 0 Å². The lowest BCUT2D eigenvalue weighted by atomic mass is 10.1. The number of hydrazone groups is 1. The summed E-state index contributed by atoms with van der Waals surface area (Å²) in [6, 6.07) is 14.9. The molecule has 1 aromatic heterocycles. The number of hydrogen-bond acceptors (Lipinski definition) is 5. The van der Waals surface area contributed by atoms with E-state index in [9.17, 15) is 4.79 Å². The van der Waals surface area contributed by atoms with Gasteiger partial charge in [0.15, 0.2) is 12.4 Å². The second kappa shape index (κ2) is 8.44. The van der Waals surface area contributed by atoms with E-state index in [2.05, 4.69) is 31.6 Å². The molecule has 0 radical (unpaired) electrons. The van der Waals surface area contributed by atoms with Gasteiger partial charge in [0, 0.05) is 10.5 Å². The average Bonchev–Trinajstić information content (AvgIpc) is 3.17. The largest absolute Gasteiger partial charge is 0.483 e. The second-order valence-corrected chi connectivity index (χ2v) is 6.43. The van der Waals surface area contributed by atoms with Crippen LogP contribution in [0.1, 0.15) is 11.1 Å². The Kier molecular flexibility index (Phi) is 5.80. The Balaban J connectivity index is 1.59. The van der Waals surface area contributed by atoms with Crippen molar-refractivity contribution in [2.75, 3.05) is 6.61 Å². The number of aromatic nitrogens is 1. The number of ether oxygens (including phenoxy) is 1. The van der Waals surface area contributed by atoms with Crippen molar-refractivity contribution in [3.8, 4) is 17.1 Å². The van der Waals surface area contributed by atoms with Crippen molar-refractivity contribution in [3.05, 3.63) is 70.3 Å². The molecule has 0 aliphatic rings. The normalized spacial score (nSPS) is 10.8. The van der Waals surface area contributed by atoms with Gasteiger partial charge in [0.05, 0.1) is 18.0 Å².